The Morgan fingerprint density at radius 3 is 2.50 bits per heavy atom. The summed E-state index contributed by atoms with van der Waals surface area (Å²) in [6.45, 7) is 0. The summed E-state index contributed by atoms with van der Waals surface area (Å²) in [5, 5.41) is 0.475. The van der Waals surface area contributed by atoms with Gasteiger partial charge in [-0.3, -0.25) is 0 Å². The third-order valence-corrected chi connectivity index (χ3v) is 3.47. The summed E-state index contributed by atoms with van der Waals surface area (Å²) >= 11 is 9.44. The maximum absolute atomic E-state index is 6.08. The SMILES string of the molecule is Nc1nc2ccccc2nc1Oc1cc(Br)ccc1Cl. The fourth-order valence-corrected chi connectivity index (χ4v) is 2.23. The normalized spacial score (nSPS) is 10.7. The molecule has 0 aliphatic heterocycles. The molecule has 0 unspecified atom stereocenters. The van der Waals surface area contributed by atoms with Crippen LogP contribution in [0.2, 0.25) is 5.02 Å². The van der Waals surface area contributed by atoms with Gasteiger partial charge in [-0.1, -0.05) is 39.7 Å². The molecule has 2 N–H and O–H groups in total. The zero-order valence-electron chi connectivity index (χ0n) is 10.2. The molecule has 0 radical (unpaired) electrons. The van der Waals surface area contributed by atoms with Crippen LogP contribution in [-0.4, -0.2) is 9.97 Å². The molecule has 0 amide bonds. The molecule has 0 saturated heterocycles. The van der Waals surface area contributed by atoms with Gasteiger partial charge in [0.05, 0.1) is 16.1 Å². The van der Waals surface area contributed by atoms with Crippen molar-refractivity contribution in [1.29, 1.82) is 0 Å². The summed E-state index contributed by atoms with van der Waals surface area (Å²) in [7, 11) is 0. The number of fused-ring (bicyclic) bond motifs is 1. The predicted molar refractivity (Wildman–Crippen MR) is 83.2 cm³/mol. The van der Waals surface area contributed by atoms with Crippen LogP contribution in [0.4, 0.5) is 5.82 Å². The lowest BCUT2D eigenvalue weighted by molar-refractivity contribution is 0.465. The average molecular weight is 351 g/mol. The van der Waals surface area contributed by atoms with Crippen molar-refractivity contribution < 1.29 is 4.74 Å². The molecule has 1 heterocycles. The summed E-state index contributed by atoms with van der Waals surface area (Å²) < 4.78 is 6.52. The van der Waals surface area contributed by atoms with Gasteiger partial charge in [0, 0.05) is 4.47 Å². The number of rotatable bonds is 2. The molecule has 0 aliphatic carbocycles. The fraction of sp³-hybridized carbons (Fsp3) is 0. The molecule has 3 rings (SSSR count). The first-order chi connectivity index (χ1) is 9.63. The summed E-state index contributed by atoms with van der Waals surface area (Å²) in [5.41, 5.74) is 7.30. The van der Waals surface area contributed by atoms with Crippen molar-refractivity contribution in [2.75, 3.05) is 5.73 Å². The topological polar surface area (TPSA) is 61.0 Å². The van der Waals surface area contributed by atoms with Crippen molar-refractivity contribution in [3.05, 3.63) is 52.0 Å². The number of nitrogens with zero attached hydrogens (tertiary/aromatic N) is 2. The molecular weight excluding hydrogens is 342 g/mol. The van der Waals surface area contributed by atoms with Crippen molar-refractivity contribution in [3.63, 3.8) is 0 Å². The van der Waals surface area contributed by atoms with E-state index in [9.17, 15) is 0 Å². The third-order valence-electron chi connectivity index (χ3n) is 2.66. The van der Waals surface area contributed by atoms with E-state index in [1.807, 2.05) is 30.3 Å². The summed E-state index contributed by atoms with van der Waals surface area (Å²) in [6.07, 6.45) is 0. The van der Waals surface area contributed by atoms with Crippen LogP contribution in [0.25, 0.3) is 11.0 Å². The third kappa shape index (κ3) is 2.55. The number of hydrogen-bond donors (Lipinski definition) is 1. The molecule has 0 spiro atoms. The Morgan fingerprint density at radius 1 is 1.05 bits per heavy atom. The first-order valence-corrected chi connectivity index (χ1v) is 6.96. The molecule has 0 bridgehead atoms. The van der Waals surface area contributed by atoms with E-state index in [0.29, 0.717) is 16.3 Å². The van der Waals surface area contributed by atoms with Gasteiger partial charge in [0.1, 0.15) is 5.75 Å². The minimum absolute atomic E-state index is 0.222. The van der Waals surface area contributed by atoms with E-state index in [4.69, 9.17) is 22.1 Å². The maximum Gasteiger partial charge on any atom is 0.263 e. The highest BCUT2D eigenvalue weighted by molar-refractivity contribution is 9.10. The molecule has 0 aliphatic rings. The van der Waals surface area contributed by atoms with Crippen LogP contribution in [0.1, 0.15) is 0 Å². The number of hydrogen-bond acceptors (Lipinski definition) is 4. The fourth-order valence-electron chi connectivity index (χ4n) is 1.73. The first-order valence-electron chi connectivity index (χ1n) is 5.78. The zero-order valence-corrected chi connectivity index (χ0v) is 12.5. The number of ether oxygens (including phenoxy) is 1. The highest BCUT2D eigenvalue weighted by Gasteiger charge is 2.10. The van der Waals surface area contributed by atoms with E-state index in [1.54, 1.807) is 12.1 Å². The number of para-hydroxylation sites is 2. The lowest BCUT2D eigenvalue weighted by Gasteiger charge is -2.09. The minimum Gasteiger partial charge on any atom is -0.434 e. The quantitative estimate of drug-likeness (QED) is 0.743. The lowest BCUT2D eigenvalue weighted by atomic mass is 10.3. The van der Waals surface area contributed by atoms with Gasteiger partial charge in [-0.2, -0.15) is 0 Å². The van der Waals surface area contributed by atoms with Gasteiger partial charge in [0.25, 0.3) is 5.88 Å². The van der Waals surface area contributed by atoms with Crippen LogP contribution in [0, 0.1) is 0 Å². The van der Waals surface area contributed by atoms with Gasteiger partial charge < -0.3 is 10.5 Å². The Bertz CT molecular complexity index is 794. The van der Waals surface area contributed by atoms with Gasteiger partial charge in [0.15, 0.2) is 5.82 Å². The van der Waals surface area contributed by atoms with Gasteiger partial charge in [0.2, 0.25) is 0 Å². The van der Waals surface area contributed by atoms with E-state index in [1.165, 1.54) is 0 Å². The number of anilines is 1. The Kier molecular flexibility index (Phi) is 3.46. The van der Waals surface area contributed by atoms with Gasteiger partial charge in [-0.05, 0) is 30.3 Å². The standard InChI is InChI=1S/C14H9BrClN3O/c15-8-5-6-9(16)12(7-8)20-14-13(17)18-10-3-1-2-4-11(10)19-14/h1-7H,(H2,17,18). The second kappa shape index (κ2) is 5.26. The van der Waals surface area contributed by atoms with E-state index < -0.39 is 0 Å². The van der Waals surface area contributed by atoms with E-state index in [0.717, 1.165) is 9.99 Å². The minimum atomic E-state index is 0.222. The van der Waals surface area contributed by atoms with Crippen molar-refractivity contribution >= 4 is 44.4 Å². The van der Waals surface area contributed by atoms with Crippen LogP contribution >= 0.6 is 27.5 Å². The first kappa shape index (κ1) is 13.1. The predicted octanol–water partition coefficient (Wildman–Crippen LogP) is 4.42. The van der Waals surface area contributed by atoms with Gasteiger partial charge in [-0.25, -0.2) is 9.97 Å². The van der Waals surface area contributed by atoms with Gasteiger partial charge in [-0.15, -0.1) is 0 Å². The largest absolute Gasteiger partial charge is 0.434 e. The average Bonchev–Trinajstić information content (AvgIpc) is 2.43. The van der Waals surface area contributed by atoms with E-state index in [-0.39, 0.29) is 11.7 Å². The number of nitrogens with two attached hydrogens (primary N) is 1. The van der Waals surface area contributed by atoms with Crippen molar-refractivity contribution in [2.45, 2.75) is 0 Å². The van der Waals surface area contributed by atoms with Crippen LogP contribution in [0.5, 0.6) is 11.6 Å². The Morgan fingerprint density at radius 2 is 1.75 bits per heavy atom. The van der Waals surface area contributed by atoms with Crippen molar-refractivity contribution in [2.24, 2.45) is 0 Å². The second-order valence-corrected chi connectivity index (χ2v) is 5.40. The molecule has 0 atom stereocenters. The molecule has 0 saturated carbocycles. The molecule has 100 valence electrons. The molecule has 20 heavy (non-hydrogen) atoms. The monoisotopic (exact) mass is 349 g/mol. The van der Waals surface area contributed by atoms with Crippen molar-refractivity contribution in [1.82, 2.24) is 9.97 Å². The Balaban J connectivity index is 2.06. The maximum atomic E-state index is 6.08. The second-order valence-electron chi connectivity index (χ2n) is 4.08. The van der Waals surface area contributed by atoms with Crippen LogP contribution in [0.15, 0.2) is 46.9 Å². The summed E-state index contributed by atoms with van der Waals surface area (Å²) in [6, 6.07) is 12.7. The molecule has 3 aromatic rings. The number of nitrogen functional groups attached to an aromatic ring is 1. The number of benzene rings is 2. The smallest absolute Gasteiger partial charge is 0.263 e. The Hall–Kier alpha value is -1.85. The van der Waals surface area contributed by atoms with Gasteiger partial charge >= 0.3 is 0 Å². The molecule has 2 aromatic carbocycles. The molecule has 1 aromatic heterocycles. The lowest BCUT2D eigenvalue weighted by Crippen LogP contribution is -1.99. The molecule has 0 fully saturated rings. The molecule has 6 heteroatoms. The van der Waals surface area contributed by atoms with E-state index >= 15 is 0 Å². The summed E-state index contributed by atoms with van der Waals surface area (Å²) in [5.74, 6) is 0.931. The van der Waals surface area contributed by atoms with Crippen molar-refractivity contribution in [3.8, 4) is 11.6 Å². The Labute approximate surface area is 128 Å². The van der Waals surface area contributed by atoms with Crippen LogP contribution < -0.4 is 10.5 Å². The zero-order chi connectivity index (χ0) is 14.1. The number of halogens is 2. The van der Waals surface area contributed by atoms with E-state index in [2.05, 4.69) is 25.9 Å². The molecular formula is C14H9BrClN3O. The van der Waals surface area contributed by atoms with Crippen LogP contribution in [-0.2, 0) is 0 Å². The van der Waals surface area contributed by atoms with Crippen LogP contribution in [0.3, 0.4) is 0 Å². The highest BCUT2D eigenvalue weighted by Crippen LogP contribution is 2.33. The number of aromatic nitrogens is 2. The summed E-state index contributed by atoms with van der Waals surface area (Å²) in [4.78, 5) is 8.62. The molecule has 4 nitrogen and oxygen atoms in total. The highest BCUT2D eigenvalue weighted by atomic mass is 79.9.